The lowest BCUT2D eigenvalue weighted by Crippen LogP contribution is -2.09. The van der Waals surface area contributed by atoms with Gasteiger partial charge in [-0.25, -0.2) is 4.98 Å². The molecule has 0 fully saturated rings. The monoisotopic (exact) mass is 290 g/mol. The highest BCUT2D eigenvalue weighted by atomic mass is 32.1. The third kappa shape index (κ3) is 2.20. The first-order valence-corrected chi connectivity index (χ1v) is 7.30. The fourth-order valence-corrected chi connectivity index (χ4v) is 3.59. The number of nitrogens with zero attached hydrogens (tertiary/aromatic N) is 1. The van der Waals surface area contributed by atoms with Gasteiger partial charge in [0.2, 0.25) is 0 Å². The van der Waals surface area contributed by atoms with Crippen molar-refractivity contribution >= 4 is 28.6 Å². The van der Waals surface area contributed by atoms with E-state index >= 15 is 0 Å². The summed E-state index contributed by atoms with van der Waals surface area (Å²) in [4.78, 5) is 16.7. The zero-order valence-corrected chi connectivity index (χ0v) is 11.7. The number of furan rings is 1. The number of thiophene rings is 1. The zero-order valence-electron chi connectivity index (χ0n) is 10.0. The summed E-state index contributed by atoms with van der Waals surface area (Å²) < 4.78 is 5.32. The average Bonchev–Trinajstić information content (AvgIpc) is 3.07. The Morgan fingerprint density at radius 1 is 1.42 bits per heavy atom. The van der Waals surface area contributed by atoms with Crippen molar-refractivity contribution in [3.63, 3.8) is 0 Å². The number of aryl methyl sites for hydroxylation is 1. The van der Waals surface area contributed by atoms with Crippen molar-refractivity contribution in [2.75, 3.05) is 0 Å². The number of hydrogen-bond acceptors (Lipinski definition) is 5. The minimum atomic E-state index is -0.500. The summed E-state index contributed by atoms with van der Waals surface area (Å²) in [6.45, 7) is 2.06. The molecule has 0 spiro atoms. The Labute approximate surface area is 117 Å². The second kappa shape index (κ2) is 4.64. The van der Waals surface area contributed by atoms with Crippen molar-refractivity contribution < 1.29 is 9.21 Å². The third-order valence-corrected chi connectivity index (χ3v) is 4.71. The topological polar surface area (TPSA) is 69.1 Å². The van der Waals surface area contributed by atoms with Crippen LogP contribution in [-0.4, -0.2) is 10.9 Å². The summed E-state index contributed by atoms with van der Waals surface area (Å²) in [5.41, 5.74) is 7.48. The molecular formula is C13H10N2O2S2. The Balaban J connectivity index is 1.97. The van der Waals surface area contributed by atoms with Crippen molar-refractivity contribution in [1.29, 1.82) is 0 Å². The maximum Gasteiger partial charge on any atom is 0.251 e. The van der Waals surface area contributed by atoms with Crippen LogP contribution in [0.1, 0.15) is 15.9 Å². The van der Waals surface area contributed by atoms with Crippen molar-refractivity contribution in [1.82, 2.24) is 4.98 Å². The largest absolute Gasteiger partial charge is 0.462 e. The highest BCUT2D eigenvalue weighted by Gasteiger charge is 2.13. The van der Waals surface area contributed by atoms with Crippen molar-refractivity contribution in [3.8, 4) is 21.3 Å². The molecule has 4 nitrogen and oxygen atoms in total. The van der Waals surface area contributed by atoms with E-state index in [1.807, 2.05) is 10.8 Å². The summed E-state index contributed by atoms with van der Waals surface area (Å²) in [5.74, 6) is 0.0602. The lowest BCUT2D eigenvalue weighted by Gasteiger charge is -1.92. The van der Waals surface area contributed by atoms with Gasteiger partial charge in [-0.15, -0.1) is 22.7 Å². The van der Waals surface area contributed by atoms with E-state index in [-0.39, 0.29) is 0 Å². The van der Waals surface area contributed by atoms with Gasteiger partial charge in [0.05, 0.1) is 10.4 Å². The second-order valence-corrected chi connectivity index (χ2v) is 5.81. The average molecular weight is 290 g/mol. The van der Waals surface area contributed by atoms with E-state index in [1.165, 1.54) is 11.8 Å². The molecule has 19 heavy (non-hydrogen) atoms. The number of primary amides is 1. The van der Waals surface area contributed by atoms with Crippen LogP contribution in [0.5, 0.6) is 0 Å². The number of hydrogen-bond donors (Lipinski definition) is 1. The fourth-order valence-electron chi connectivity index (χ4n) is 1.68. The predicted molar refractivity (Wildman–Crippen MR) is 76.4 cm³/mol. The number of amides is 1. The molecular weight excluding hydrogens is 280 g/mol. The van der Waals surface area contributed by atoms with E-state index in [1.54, 1.807) is 28.7 Å². The quantitative estimate of drug-likeness (QED) is 0.802. The van der Waals surface area contributed by atoms with Gasteiger partial charge < -0.3 is 10.2 Å². The number of rotatable bonds is 3. The first-order chi connectivity index (χ1) is 9.15. The Hall–Kier alpha value is -1.92. The van der Waals surface area contributed by atoms with Crippen LogP contribution in [0.2, 0.25) is 0 Å². The standard InChI is InChI=1S/C13H10N2O2S2/c1-7-2-3-18-11(7)13-15-9(6-19-13)10-4-8(5-17-10)12(14)16/h2-6H,1H3,(H2,14,16). The molecule has 0 unspecified atom stereocenters. The molecule has 3 heterocycles. The molecule has 0 bridgehead atoms. The molecule has 0 aromatic carbocycles. The van der Waals surface area contributed by atoms with Gasteiger partial charge in [-0.1, -0.05) is 0 Å². The van der Waals surface area contributed by atoms with Crippen LogP contribution in [0.25, 0.3) is 21.3 Å². The van der Waals surface area contributed by atoms with Crippen LogP contribution < -0.4 is 5.73 Å². The van der Waals surface area contributed by atoms with Gasteiger partial charge >= 0.3 is 0 Å². The predicted octanol–water partition coefficient (Wildman–Crippen LogP) is 3.54. The number of nitrogens with two attached hydrogens (primary N) is 1. The van der Waals surface area contributed by atoms with Crippen LogP contribution in [0.3, 0.4) is 0 Å². The van der Waals surface area contributed by atoms with Gasteiger partial charge in [-0.05, 0) is 30.0 Å². The summed E-state index contributed by atoms with van der Waals surface area (Å²) in [7, 11) is 0. The van der Waals surface area contributed by atoms with Crippen LogP contribution in [-0.2, 0) is 0 Å². The van der Waals surface area contributed by atoms with Crippen LogP contribution >= 0.6 is 22.7 Å². The molecule has 0 aliphatic rings. The summed E-state index contributed by atoms with van der Waals surface area (Å²) >= 11 is 3.22. The minimum Gasteiger partial charge on any atom is -0.462 e. The van der Waals surface area contributed by atoms with E-state index in [0.717, 1.165) is 15.6 Å². The van der Waals surface area contributed by atoms with Crippen LogP contribution in [0.15, 0.2) is 33.6 Å². The van der Waals surface area contributed by atoms with Crippen molar-refractivity contribution in [3.05, 3.63) is 40.3 Å². The molecule has 3 aromatic heterocycles. The number of aromatic nitrogens is 1. The zero-order chi connectivity index (χ0) is 13.4. The minimum absolute atomic E-state index is 0.358. The van der Waals surface area contributed by atoms with E-state index in [9.17, 15) is 4.79 Å². The first kappa shape index (κ1) is 12.1. The highest BCUT2D eigenvalue weighted by molar-refractivity contribution is 7.20. The molecule has 96 valence electrons. The summed E-state index contributed by atoms with van der Waals surface area (Å²) in [6.07, 6.45) is 1.35. The highest BCUT2D eigenvalue weighted by Crippen LogP contribution is 2.34. The first-order valence-electron chi connectivity index (χ1n) is 5.54. The molecule has 0 radical (unpaired) electrons. The maximum atomic E-state index is 11.0. The molecule has 3 aromatic rings. The Bertz CT molecular complexity index is 739. The van der Waals surface area contributed by atoms with E-state index in [4.69, 9.17) is 10.2 Å². The van der Waals surface area contributed by atoms with Gasteiger partial charge in [0.1, 0.15) is 17.0 Å². The normalized spacial score (nSPS) is 10.8. The molecule has 0 saturated heterocycles. The SMILES string of the molecule is Cc1ccsc1-c1nc(-c2cc(C(N)=O)co2)cs1. The van der Waals surface area contributed by atoms with Gasteiger partial charge in [-0.3, -0.25) is 4.79 Å². The summed E-state index contributed by atoms with van der Waals surface area (Å²) in [5, 5.41) is 4.92. The number of carbonyl (C=O) groups excluding carboxylic acids is 1. The number of thiazole rings is 1. The lowest BCUT2D eigenvalue weighted by atomic mass is 10.2. The van der Waals surface area contributed by atoms with Crippen molar-refractivity contribution in [2.45, 2.75) is 6.92 Å². The lowest BCUT2D eigenvalue weighted by molar-refractivity contribution is 0.0999. The molecule has 6 heteroatoms. The molecule has 0 aliphatic heterocycles. The smallest absolute Gasteiger partial charge is 0.251 e. The fraction of sp³-hybridized carbons (Fsp3) is 0.0769. The van der Waals surface area contributed by atoms with Gasteiger partial charge in [0.25, 0.3) is 5.91 Å². The van der Waals surface area contributed by atoms with Crippen LogP contribution in [0, 0.1) is 6.92 Å². The van der Waals surface area contributed by atoms with Crippen LogP contribution in [0.4, 0.5) is 0 Å². The van der Waals surface area contributed by atoms with E-state index < -0.39 is 5.91 Å². The Morgan fingerprint density at radius 2 is 2.26 bits per heavy atom. The molecule has 3 rings (SSSR count). The van der Waals surface area contributed by atoms with E-state index in [0.29, 0.717) is 11.3 Å². The molecule has 2 N–H and O–H groups in total. The van der Waals surface area contributed by atoms with E-state index in [2.05, 4.69) is 18.0 Å². The molecule has 0 aliphatic carbocycles. The van der Waals surface area contributed by atoms with Gasteiger partial charge in [-0.2, -0.15) is 0 Å². The van der Waals surface area contributed by atoms with Gasteiger partial charge in [0, 0.05) is 5.38 Å². The Morgan fingerprint density at radius 3 is 2.89 bits per heavy atom. The van der Waals surface area contributed by atoms with Gasteiger partial charge in [0.15, 0.2) is 5.76 Å². The Kier molecular flexibility index (Phi) is 2.96. The molecule has 1 amide bonds. The third-order valence-electron chi connectivity index (χ3n) is 2.70. The maximum absolute atomic E-state index is 11.0. The number of carbonyl (C=O) groups is 1. The second-order valence-electron chi connectivity index (χ2n) is 4.03. The molecule has 0 saturated carbocycles. The molecule has 0 atom stereocenters. The van der Waals surface area contributed by atoms with Crippen molar-refractivity contribution in [2.24, 2.45) is 5.73 Å². The summed E-state index contributed by atoms with van der Waals surface area (Å²) in [6, 6.07) is 3.68.